The number of hydrogen-bond donors (Lipinski definition) is 2. The lowest BCUT2D eigenvalue weighted by Gasteiger charge is -2.09. The van der Waals surface area contributed by atoms with Crippen molar-refractivity contribution in [2.75, 3.05) is 6.61 Å². The first kappa shape index (κ1) is 19.1. The van der Waals surface area contributed by atoms with Gasteiger partial charge in [0, 0.05) is 12.6 Å². The average molecular weight is 388 g/mol. The van der Waals surface area contributed by atoms with Crippen LogP contribution in [0.2, 0.25) is 0 Å². The van der Waals surface area contributed by atoms with E-state index >= 15 is 0 Å². The first-order valence-electron chi connectivity index (χ1n) is 8.54. The Hall–Kier alpha value is -2.71. The van der Waals surface area contributed by atoms with Crippen LogP contribution in [0.4, 0.5) is 0 Å². The zero-order valence-corrected chi connectivity index (χ0v) is 15.4. The minimum absolute atomic E-state index is 0.0460. The normalized spacial score (nSPS) is 13.8. The van der Waals surface area contributed by atoms with E-state index in [1.165, 1.54) is 24.3 Å². The quantitative estimate of drug-likeness (QED) is 0.669. The molecule has 8 heteroatoms. The van der Waals surface area contributed by atoms with Crippen LogP contribution in [-0.2, 0) is 26.1 Å². The van der Waals surface area contributed by atoms with Gasteiger partial charge in [0.05, 0.1) is 10.5 Å². The van der Waals surface area contributed by atoms with Gasteiger partial charge >= 0.3 is 5.97 Å². The van der Waals surface area contributed by atoms with Gasteiger partial charge in [-0.1, -0.05) is 36.4 Å². The van der Waals surface area contributed by atoms with Crippen molar-refractivity contribution in [3.8, 4) is 0 Å². The van der Waals surface area contributed by atoms with E-state index in [4.69, 9.17) is 4.74 Å². The molecule has 142 valence electrons. The molecule has 0 unspecified atom stereocenters. The van der Waals surface area contributed by atoms with Crippen LogP contribution in [0.3, 0.4) is 0 Å². The van der Waals surface area contributed by atoms with E-state index < -0.39 is 22.6 Å². The molecular weight excluding hydrogens is 368 g/mol. The molecule has 1 aliphatic carbocycles. The number of nitrogens with one attached hydrogen (secondary N) is 2. The van der Waals surface area contributed by atoms with Crippen LogP contribution in [0.1, 0.15) is 28.8 Å². The maximum absolute atomic E-state index is 12.4. The van der Waals surface area contributed by atoms with Crippen LogP contribution in [0.15, 0.2) is 59.5 Å². The van der Waals surface area contributed by atoms with Crippen LogP contribution < -0.4 is 10.0 Å². The summed E-state index contributed by atoms with van der Waals surface area (Å²) < 4.78 is 32.3. The molecular formula is C19H20N2O5S. The molecule has 0 spiro atoms. The van der Waals surface area contributed by atoms with Crippen molar-refractivity contribution in [1.29, 1.82) is 0 Å². The lowest BCUT2D eigenvalue weighted by molar-refractivity contribution is -0.124. The van der Waals surface area contributed by atoms with E-state index in [1.807, 2.05) is 30.3 Å². The highest BCUT2D eigenvalue weighted by atomic mass is 32.2. The third-order valence-electron chi connectivity index (χ3n) is 3.97. The summed E-state index contributed by atoms with van der Waals surface area (Å²) in [4.78, 5) is 23.6. The van der Waals surface area contributed by atoms with Crippen molar-refractivity contribution in [3.05, 3.63) is 65.7 Å². The number of esters is 1. The Morgan fingerprint density at radius 3 is 2.48 bits per heavy atom. The number of benzene rings is 2. The second-order valence-electron chi connectivity index (χ2n) is 6.26. The van der Waals surface area contributed by atoms with Crippen molar-refractivity contribution in [2.24, 2.45) is 0 Å². The van der Waals surface area contributed by atoms with Crippen molar-refractivity contribution >= 4 is 21.9 Å². The Morgan fingerprint density at radius 2 is 1.78 bits per heavy atom. The van der Waals surface area contributed by atoms with E-state index in [-0.39, 0.29) is 29.0 Å². The molecule has 2 N–H and O–H groups in total. The van der Waals surface area contributed by atoms with Gasteiger partial charge in [-0.2, -0.15) is 0 Å². The average Bonchev–Trinajstić information content (AvgIpc) is 3.49. The van der Waals surface area contributed by atoms with Crippen LogP contribution in [0, 0.1) is 0 Å². The Morgan fingerprint density at radius 1 is 1.04 bits per heavy atom. The van der Waals surface area contributed by atoms with E-state index in [1.54, 1.807) is 0 Å². The first-order valence-corrected chi connectivity index (χ1v) is 10.0. The van der Waals surface area contributed by atoms with E-state index in [0.29, 0.717) is 0 Å². The van der Waals surface area contributed by atoms with Crippen LogP contribution in [0.5, 0.6) is 0 Å². The Labute approximate surface area is 157 Å². The summed E-state index contributed by atoms with van der Waals surface area (Å²) in [5, 5.41) is 2.71. The smallest absolute Gasteiger partial charge is 0.338 e. The summed E-state index contributed by atoms with van der Waals surface area (Å²) in [5.41, 5.74) is 0.884. The number of ether oxygens (including phenoxy) is 1. The summed E-state index contributed by atoms with van der Waals surface area (Å²) in [5.74, 6) is -1.11. The second-order valence-corrected chi connectivity index (χ2v) is 8.02. The molecule has 0 radical (unpaired) electrons. The Bertz CT molecular complexity index is 924. The fraction of sp³-hybridized carbons (Fsp3) is 0.263. The third kappa shape index (κ3) is 5.63. The molecule has 1 fully saturated rings. The zero-order valence-electron chi connectivity index (χ0n) is 14.6. The number of carbonyl (C=O) groups excluding carboxylic acids is 2. The molecule has 27 heavy (non-hydrogen) atoms. The van der Waals surface area contributed by atoms with Crippen molar-refractivity contribution in [2.45, 2.75) is 30.3 Å². The maximum atomic E-state index is 12.4. The largest absolute Gasteiger partial charge is 0.452 e. The molecule has 2 aromatic rings. The van der Waals surface area contributed by atoms with Gasteiger partial charge in [-0.3, -0.25) is 4.79 Å². The van der Waals surface area contributed by atoms with E-state index in [9.17, 15) is 18.0 Å². The van der Waals surface area contributed by atoms with Gasteiger partial charge in [0.2, 0.25) is 10.0 Å². The predicted molar refractivity (Wildman–Crippen MR) is 98.4 cm³/mol. The van der Waals surface area contributed by atoms with Gasteiger partial charge in [-0.05, 0) is 36.6 Å². The summed E-state index contributed by atoms with van der Waals surface area (Å²) in [7, 11) is -3.79. The number of sulfonamides is 1. The molecule has 0 saturated heterocycles. The highest BCUT2D eigenvalue weighted by Gasteiger charge is 2.24. The van der Waals surface area contributed by atoms with Gasteiger partial charge in [0.1, 0.15) is 0 Å². The Balaban J connectivity index is 1.61. The molecule has 7 nitrogen and oxygen atoms in total. The topological polar surface area (TPSA) is 102 Å². The lowest BCUT2D eigenvalue weighted by atomic mass is 10.2. The third-order valence-corrected chi connectivity index (χ3v) is 5.36. The Kier molecular flexibility index (Phi) is 5.88. The number of rotatable bonds is 8. The van der Waals surface area contributed by atoms with E-state index in [0.717, 1.165) is 18.4 Å². The summed E-state index contributed by atoms with van der Waals surface area (Å²) >= 11 is 0. The SMILES string of the molecule is O=C(COC(=O)c1cccc(S(=O)(=O)NCc2ccccc2)c1)NC1CC1. The highest BCUT2D eigenvalue weighted by molar-refractivity contribution is 7.89. The summed E-state index contributed by atoms with van der Waals surface area (Å²) in [6.45, 7) is -0.252. The van der Waals surface area contributed by atoms with Gasteiger partial charge in [0.25, 0.3) is 5.91 Å². The molecule has 0 aromatic heterocycles. The molecule has 3 rings (SSSR count). The number of amides is 1. The lowest BCUT2D eigenvalue weighted by Crippen LogP contribution is -2.30. The van der Waals surface area contributed by atoms with Crippen molar-refractivity contribution in [1.82, 2.24) is 10.0 Å². The van der Waals surface area contributed by atoms with Crippen molar-refractivity contribution < 1.29 is 22.7 Å². The fourth-order valence-corrected chi connectivity index (χ4v) is 3.42. The van der Waals surface area contributed by atoms with Crippen LogP contribution in [0.25, 0.3) is 0 Å². The standard InChI is InChI=1S/C19H20N2O5S/c22-18(21-16-9-10-16)13-26-19(23)15-7-4-8-17(11-15)27(24,25)20-12-14-5-2-1-3-6-14/h1-8,11,16,20H,9-10,12-13H2,(H,21,22). The van der Waals surface area contributed by atoms with E-state index in [2.05, 4.69) is 10.0 Å². The van der Waals surface area contributed by atoms with Gasteiger partial charge < -0.3 is 10.1 Å². The monoisotopic (exact) mass is 388 g/mol. The highest BCUT2D eigenvalue weighted by Crippen LogP contribution is 2.18. The van der Waals surface area contributed by atoms with Crippen molar-refractivity contribution in [3.63, 3.8) is 0 Å². The summed E-state index contributed by atoms with van der Waals surface area (Å²) in [6, 6.07) is 14.8. The minimum atomic E-state index is -3.79. The first-order chi connectivity index (χ1) is 12.9. The molecule has 0 atom stereocenters. The molecule has 1 aliphatic rings. The molecule has 0 heterocycles. The summed E-state index contributed by atoms with van der Waals surface area (Å²) in [6.07, 6.45) is 1.88. The predicted octanol–water partition coefficient (Wildman–Crippen LogP) is 1.60. The fourth-order valence-electron chi connectivity index (χ4n) is 2.36. The second kappa shape index (κ2) is 8.32. The number of hydrogen-bond acceptors (Lipinski definition) is 5. The number of carbonyl (C=O) groups is 2. The molecule has 2 aromatic carbocycles. The van der Waals surface area contributed by atoms with Crippen LogP contribution >= 0.6 is 0 Å². The molecule has 1 amide bonds. The minimum Gasteiger partial charge on any atom is -0.452 e. The van der Waals surface area contributed by atoms with Crippen LogP contribution in [-0.4, -0.2) is 32.9 Å². The van der Waals surface area contributed by atoms with Gasteiger partial charge in [0.15, 0.2) is 6.61 Å². The van der Waals surface area contributed by atoms with Gasteiger partial charge in [-0.15, -0.1) is 0 Å². The molecule has 0 bridgehead atoms. The molecule has 1 saturated carbocycles. The maximum Gasteiger partial charge on any atom is 0.338 e. The zero-order chi connectivity index (χ0) is 19.3. The molecule has 0 aliphatic heterocycles. The van der Waals surface area contributed by atoms with Gasteiger partial charge in [-0.25, -0.2) is 17.9 Å².